The van der Waals surface area contributed by atoms with E-state index in [0.29, 0.717) is 16.9 Å². The van der Waals surface area contributed by atoms with Crippen molar-refractivity contribution in [3.05, 3.63) is 28.8 Å². The lowest BCUT2D eigenvalue weighted by molar-refractivity contribution is 0.280. The monoisotopic (exact) mass is 177 g/mol. The zero-order valence-electron chi connectivity index (χ0n) is 7.66. The number of nitrogens with zero attached hydrogens (tertiary/aromatic N) is 1. The van der Waals surface area contributed by atoms with Gasteiger partial charge in [0.1, 0.15) is 5.75 Å². The molecule has 1 aromatic rings. The normalized spacial score (nSPS) is 9.38. The summed E-state index contributed by atoms with van der Waals surface area (Å²) in [5.41, 5.74) is 1.97. The maximum absolute atomic E-state index is 8.99. The molecule has 0 aliphatic carbocycles. The Morgan fingerprint density at radius 1 is 1.54 bits per heavy atom. The van der Waals surface area contributed by atoms with Gasteiger partial charge in [-0.1, -0.05) is 0 Å². The predicted molar refractivity (Wildman–Crippen MR) is 48.4 cm³/mol. The number of hydrogen-bond donors (Lipinski definition) is 1. The van der Waals surface area contributed by atoms with Gasteiger partial charge in [0, 0.05) is 0 Å². The van der Waals surface area contributed by atoms with Crippen LogP contribution < -0.4 is 4.74 Å². The van der Waals surface area contributed by atoms with Crippen molar-refractivity contribution in [2.24, 2.45) is 0 Å². The van der Waals surface area contributed by atoms with Crippen molar-refractivity contribution < 1.29 is 9.84 Å². The van der Waals surface area contributed by atoms with Gasteiger partial charge < -0.3 is 9.84 Å². The summed E-state index contributed by atoms with van der Waals surface area (Å²) in [7, 11) is 1.56. The fraction of sp³-hybridized carbons (Fsp3) is 0.300. The maximum Gasteiger partial charge on any atom is 0.119 e. The number of ether oxygens (including phenoxy) is 1. The molecule has 3 heteroatoms. The van der Waals surface area contributed by atoms with Gasteiger partial charge in [0.25, 0.3) is 0 Å². The smallest absolute Gasteiger partial charge is 0.119 e. The van der Waals surface area contributed by atoms with E-state index in [9.17, 15) is 0 Å². The highest BCUT2D eigenvalue weighted by atomic mass is 16.5. The van der Waals surface area contributed by atoms with Crippen molar-refractivity contribution in [1.82, 2.24) is 0 Å². The Hall–Kier alpha value is -1.53. The molecule has 0 saturated heterocycles. The summed E-state index contributed by atoms with van der Waals surface area (Å²) in [6.45, 7) is 1.68. The number of nitriles is 1. The van der Waals surface area contributed by atoms with Crippen molar-refractivity contribution in [2.75, 3.05) is 7.11 Å². The summed E-state index contributed by atoms with van der Waals surface area (Å²) in [6.07, 6.45) is 0. The summed E-state index contributed by atoms with van der Waals surface area (Å²) in [4.78, 5) is 0. The van der Waals surface area contributed by atoms with Crippen LogP contribution in [0.1, 0.15) is 16.7 Å². The van der Waals surface area contributed by atoms with Crippen LogP contribution in [0.3, 0.4) is 0 Å². The molecule has 0 aromatic heterocycles. The van der Waals surface area contributed by atoms with Gasteiger partial charge in [-0.25, -0.2) is 0 Å². The largest absolute Gasteiger partial charge is 0.497 e. The van der Waals surface area contributed by atoms with Crippen LogP contribution in [-0.4, -0.2) is 12.2 Å². The molecule has 0 fully saturated rings. The molecule has 1 aromatic carbocycles. The second kappa shape index (κ2) is 3.92. The molecule has 3 nitrogen and oxygen atoms in total. The summed E-state index contributed by atoms with van der Waals surface area (Å²) in [5, 5.41) is 17.8. The molecule has 0 atom stereocenters. The van der Waals surface area contributed by atoms with Gasteiger partial charge in [0.15, 0.2) is 0 Å². The minimum absolute atomic E-state index is 0.138. The van der Waals surface area contributed by atoms with E-state index in [1.807, 2.05) is 6.92 Å². The van der Waals surface area contributed by atoms with Crippen molar-refractivity contribution in [3.8, 4) is 11.8 Å². The van der Waals surface area contributed by atoms with Gasteiger partial charge in [-0.2, -0.15) is 5.26 Å². The van der Waals surface area contributed by atoms with Gasteiger partial charge >= 0.3 is 0 Å². The number of benzene rings is 1. The first-order valence-corrected chi connectivity index (χ1v) is 3.91. The lowest BCUT2D eigenvalue weighted by Gasteiger charge is -2.07. The molecule has 0 spiro atoms. The van der Waals surface area contributed by atoms with E-state index in [2.05, 4.69) is 6.07 Å². The third-order valence-corrected chi connectivity index (χ3v) is 1.91. The highest BCUT2D eigenvalue weighted by molar-refractivity contribution is 5.48. The third kappa shape index (κ3) is 1.79. The first kappa shape index (κ1) is 9.56. The van der Waals surface area contributed by atoms with E-state index >= 15 is 0 Å². The molecule has 0 radical (unpaired) electrons. The standard InChI is InChI=1S/C10H11NO2/c1-7-3-9(13-2)4-8(6-12)10(7)5-11/h3-4,12H,6H2,1-2H3. The van der Waals surface area contributed by atoms with Crippen LogP contribution in [0.5, 0.6) is 5.75 Å². The number of aryl methyl sites for hydroxylation is 1. The number of aliphatic hydroxyl groups excluding tert-OH is 1. The van der Waals surface area contributed by atoms with Crippen LogP contribution in [0.2, 0.25) is 0 Å². The van der Waals surface area contributed by atoms with Crippen LogP contribution in [0.25, 0.3) is 0 Å². The molecule has 0 bridgehead atoms. The molecule has 0 aliphatic heterocycles. The summed E-state index contributed by atoms with van der Waals surface area (Å²) < 4.78 is 5.02. The SMILES string of the molecule is COc1cc(C)c(C#N)c(CO)c1. The Morgan fingerprint density at radius 2 is 2.23 bits per heavy atom. The van der Waals surface area contributed by atoms with E-state index in [-0.39, 0.29) is 6.61 Å². The highest BCUT2D eigenvalue weighted by Gasteiger charge is 2.06. The second-order valence-electron chi connectivity index (χ2n) is 2.75. The topological polar surface area (TPSA) is 53.2 Å². The molecule has 0 aliphatic rings. The summed E-state index contributed by atoms with van der Waals surface area (Å²) in [6, 6.07) is 5.50. The lowest BCUT2D eigenvalue weighted by Crippen LogP contribution is -1.95. The minimum atomic E-state index is -0.138. The number of rotatable bonds is 2. The van der Waals surface area contributed by atoms with Crippen LogP contribution in [0.4, 0.5) is 0 Å². The van der Waals surface area contributed by atoms with Gasteiger partial charge in [-0.3, -0.25) is 0 Å². The van der Waals surface area contributed by atoms with Crippen molar-refractivity contribution >= 4 is 0 Å². The third-order valence-electron chi connectivity index (χ3n) is 1.91. The maximum atomic E-state index is 8.99. The molecule has 68 valence electrons. The molecule has 1 N–H and O–H groups in total. The molecule has 0 saturated carbocycles. The quantitative estimate of drug-likeness (QED) is 0.742. The molecule has 0 heterocycles. The first-order chi connectivity index (χ1) is 6.22. The Kier molecular flexibility index (Phi) is 2.88. The minimum Gasteiger partial charge on any atom is -0.497 e. The van der Waals surface area contributed by atoms with Crippen molar-refractivity contribution in [3.63, 3.8) is 0 Å². The van der Waals surface area contributed by atoms with E-state index in [1.165, 1.54) is 0 Å². The highest BCUT2D eigenvalue weighted by Crippen LogP contribution is 2.21. The molecule has 0 unspecified atom stereocenters. The van der Waals surface area contributed by atoms with Gasteiger partial charge in [0.05, 0.1) is 25.3 Å². The number of methoxy groups -OCH3 is 1. The average Bonchev–Trinajstić information content (AvgIpc) is 2.16. The Morgan fingerprint density at radius 3 is 2.69 bits per heavy atom. The second-order valence-corrected chi connectivity index (χ2v) is 2.75. The molecular weight excluding hydrogens is 166 g/mol. The van der Waals surface area contributed by atoms with Gasteiger partial charge in [0.2, 0.25) is 0 Å². The van der Waals surface area contributed by atoms with Crippen LogP contribution in [0, 0.1) is 18.3 Å². The van der Waals surface area contributed by atoms with Crippen molar-refractivity contribution in [1.29, 1.82) is 5.26 Å². The van der Waals surface area contributed by atoms with Gasteiger partial charge in [-0.05, 0) is 30.2 Å². The Balaban J connectivity index is 3.31. The fourth-order valence-corrected chi connectivity index (χ4v) is 1.23. The van der Waals surface area contributed by atoms with Gasteiger partial charge in [-0.15, -0.1) is 0 Å². The van der Waals surface area contributed by atoms with E-state index in [1.54, 1.807) is 19.2 Å². The number of hydrogen-bond acceptors (Lipinski definition) is 3. The summed E-state index contributed by atoms with van der Waals surface area (Å²) in [5.74, 6) is 0.667. The average molecular weight is 177 g/mol. The van der Waals surface area contributed by atoms with E-state index < -0.39 is 0 Å². The molecule has 0 amide bonds. The Bertz CT molecular complexity index is 353. The van der Waals surface area contributed by atoms with E-state index in [0.717, 1.165) is 5.56 Å². The fourth-order valence-electron chi connectivity index (χ4n) is 1.23. The zero-order valence-corrected chi connectivity index (χ0v) is 7.66. The first-order valence-electron chi connectivity index (χ1n) is 3.91. The van der Waals surface area contributed by atoms with Crippen molar-refractivity contribution in [2.45, 2.75) is 13.5 Å². The summed E-state index contributed by atoms with van der Waals surface area (Å²) >= 11 is 0. The number of aliphatic hydroxyl groups is 1. The van der Waals surface area contributed by atoms with Crippen LogP contribution in [-0.2, 0) is 6.61 Å². The molecule has 1 rings (SSSR count). The lowest BCUT2D eigenvalue weighted by atomic mass is 10.0. The Labute approximate surface area is 77.2 Å². The molecule has 13 heavy (non-hydrogen) atoms. The van der Waals surface area contributed by atoms with Crippen LogP contribution in [0.15, 0.2) is 12.1 Å². The molecular formula is C10H11NO2. The van der Waals surface area contributed by atoms with Crippen LogP contribution >= 0.6 is 0 Å². The van der Waals surface area contributed by atoms with E-state index in [4.69, 9.17) is 15.1 Å². The predicted octanol–water partition coefficient (Wildman–Crippen LogP) is 1.37. The zero-order chi connectivity index (χ0) is 9.84.